The lowest BCUT2D eigenvalue weighted by Crippen LogP contribution is -2.51. The van der Waals surface area contributed by atoms with Crippen LogP contribution in [0.2, 0.25) is 0 Å². The van der Waals surface area contributed by atoms with E-state index in [2.05, 4.69) is 67.1 Å². The van der Waals surface area contributed by atoms with E-state index in [-0.39, 0.29) is 6.61 Å². The van der Waals surface area contributed by atoms with E-state index in [1.165, 1.54) is 40.7 Å². The van der Waals surface area contributed by atoms with E-state index in [9.17, 15) is 5.11 Å². The van der Waals surface area contributed by atoms with Crippen LogP contribution >= 0.6 is 0 Å². The number of piperidine rings is 1. The summed E-state index contributed by atoms with van der Waals surface area (Å²) < 4.78 is 7.25. The van der Waals surface area contributed by atoms with Crippen molar-refractivity contribution in [3.63, 3.8) is 0 Å². The minimum atomic E-state index is -0.0130. The van der Waals surface area contributed by atoms with E-state index in [0.717, 1.165) is 55.9 Å². The number of aromatic nitrogens is 3. The van der Waals surface area contributed by atoms with Crippen molar-refractivity contribution in [2.75, 3.05) is 26.3 Å². The van der Waals surface area contributed by atoms with Gasteiger partial charge in [-0.2, -0.15) is 5.10 Å². The number of hydrogen-bond donors (Lipinski definition) is 1. The van der Waals surface area contributed by atoms with Crippen LogP contribution in [-0.4, -0.2) is 56.9 Å². The number of hydrogen-bond acceptors (Lipinski definition) is 5. The molecule has 4 heterocycles. The van der Waals surface area contributed by atoms with Crippen molar-refractivity contribution >= 4 is 16.8 Å². The fraction of sp³-hybridized carbons (Fsp3) is 0.533. The van der Waals surface area contributed by atoms with Crippen molar-refractivity contribution in [1.82, 2.24) is 19.5 Å². The van der Waals surface area contributed by atoms with Gasteiger partial charge in [-0.15, -0.1) is 0 Å². The van der Waals surface area contributed by atoms with Gasteiger partial charge in [0.25, 0.3) is 0 Å². The number of aliphatic hydroxyl groups excluding tert-OH is 1. The smallest absolute Gasteiger partial charge is 0.155 e. The normalized spacial score (nSPS) is 18.6. The molecule has 36 heavy (non-hydrogen) atoms. The maximum atomic E-state index is 10.3. The number of ether oxygens (including phenoxy) is 1. The molecule has 0 aliphatic carbocycles. The molecule has 2 saturated heterocycles. The van der Waals surface area contributed by atoms with Gasteiger partial charge in [0, 0.05) is 11.8 Å². The fourth-order valence-corrected chi connectivity index (χ4v) is 6.01. The second-order valence-electron chi connectivity index (χ2n) is 10.8. The number of rotatable bonds is 8. The number of benzene rings is 1. The summed E-state index contributed by atoms with van der Waals surface area (Å²) in [5.41, 5.74) is 9.59. The van der Waals surface area contributed by atoms with Gasteiger partial charge in [-0.1, -0.05) is 45.4 Å². The van der Waals surface area contributed by atoms with E-state index < -0.39 is 0 Å². The van der Waals surface area contributed by atoms with E-state index in [4.69, 9.17) is 4.74 Å². The molecule has 2 aromatic heterocycles. The lowest BCUT2D eigenvalue weighted by molar-refractivity contribution is -0.0712. The molecule has 0 bridgehead atoms. The van der Waals surface area contributed by atoms with Crippen molar-refractivity contribution in [2.24, 2.45) is 5.92 Å². The summed E-state index contributed by atoms with van der Waals surface area (Å²) in [6, 6.07) is 9.74. The van der Waals surface area contributed by atoms with Crippen molar-refractivity contribution in [1.29, 1.82) is 0 Å². The molecule has 6 heteroatoms. The second kappa shape index (κ2) is 10.8. The van der Waals surface area contributed by atoms with Crippen LogP contribution in [0.3, 0.4) is 0 Å². The fourth-order valence-electron chi connectivity index (χ4n) is 6.01. The van der Waals surface area contributed by atoms with Gasteiger partial charge in [0.1, 0.15) is 6.33 Å². The Morgan fingerprint density at radius 2 is 1.92 bits per heavy atom. The molecule has 2 fully saturated rings. The van der Waals surface area contributed by atoms with Crippen molar-refractivity contribution < 1.29 is 9.84 Å². The highest BCUT2D eigenvalue weighted by molar-refractivity contribution is 5.93. The Morgan fingerprint density at radius 1 is 1.14 bits per heavy atom. The maximum Gasteiger partial charge on any atom is 0.155 e. The zero-order chi connectivity index (χ0) is 25.2. The minimum absolute atomic E-state index is 0.0130. The first kappa shape index (κ1) is 25.1. The van der Waals surface area contributed by atoms with Gasteiger partial charge in [-0.05, 0) is 90.6 Å². The molecule has 0 saturated carbocycles. The van der Waals surface area contributed by atoms with Crippen LogP contribution < -0.4 is 0 Å². The molecule has 6 nitrogen and oxygen atoms in total. The van der Waals surface area contributed by atoms with E-state index >= 15 is 0 Å². The number of allylic oxidation sites excluding steroid dienone is 2. The van der Waals surface area contributed by atoms with Crippen LogP contribution in [0.25, 0.3) is 16.8 Å². The first-order valence-electron chi connectivity index (χ1n) is 13.6. The number of likely N-dealkylation sites (tertiary alicyclic amines) is 1. The molecule has 0 spiro atoms. The van der Waals surface area contributed by atoms with Gasteiger partial charge in [-0.25, -0.2) is 9.50 Å². The van der Waals surface area contributed by atoms with Gasteiger partial charge in [0.05, 0.1) is 25.9 Å². The van der Waals surface area contributed by atoms with E-state index in [0.29, 0.717) is 17.9 Å². The SMILES string of the molecule is CCC/C(=C(\c1cc(C2CCN(C3COC3)CC2)ccc1C)C(C)C)c1cn2ncnc2cc1CO. The third kappa shape index (κ3) is 4.86. The molecule has 2 aliphatic rings. The van der Waals surface area contributed by atoms with E-state index in [1.54, 1.807) is 6.33 Å². The number of nitrogens with zero attached hydrogens (tertiary/aromatic N) is 4. The van der Waals surface area contributed by atoms with Gasteiger partial charge < -0.3 is 9.84 Å². The van der Waals surface area contributed by atoms with Crippen molar-refractivity contribution in [3.8, 4) is 0 Å². The summed E-state index contributed by atoms with van der Waals surface area (Å²) in [6.45, 7) is 13.2. The monoisotopic (exact) mass is 488 g/mol. The van der Waals surface area contributed by atoms with Crippen LogP contribution in [0.1, 0.15) is 80.2 Å². The highest BCUT2D eigenvalue weighted by Gasteiger charge is 2.30. The first-order valence-corrected chi connectivity index (χ1v) is 13.6. The molecule has 5 rings (SSSR count). The molecule has 0 amide bonds. The average molecular weight is 489 g/mol. The third-order valence-electron chi connectivity index (χ3n) is 8.09. The van der Waals surface area contributed by atoms with Crippen LogP contribution in [0, 0.1) is 12.8 Å². The number of pyridine rings is 1. The lowest BCUT2D eigenvalue weighted by Gasteiger charge is -2.41. The van der Waals surface area contributed by atoms with Crippen molar-refractivity contribution in [3.05, 3.63) is 64.6 Å². The van der Waals surface area contributed by atoms with E-state index in [1.807, 2.05) is 10.6 Å². The van der Waals surface area contributed by atoms with Gasteiger partial charge in [-0.3, -0.25) is 4.90 Å². The largest absolute Gasteiger partial charge is 0.392 e. The summed E-state index contributed by atoms with van der Waals surface area (Å²) in [6.07, 6.45) is 8.03. The molecular weight excluding hydrogens is 448 g/mol. The number of aliphatic hydroxyl groups is 1. The quantitative estimate of drug-likeness (QED) is 0.455. The number of fused-ring (bicyclic) bond motifs is 1. The first-order chi connectivity index (χ1) is 17.5. The summed E-state index contributed by atoms with van der Waals surface area (Å²) in [4.78, 5) is 6.94. The Morgan fingerprint density at radius 3 is 2.56 bits per heavy atom. The van der Waals surface area contributed by atoms with Gasteiger partial charge in [0.15, 0.2) is 5.65 Å². The predicted octanol–water partition coefficient (Wildman–Crippen LogP) is 5.48. The summed E-state index contributed by atoms with van der Waals surface area (Å²) in [5.74, 6) is 0.947. The van der Waals surface area contributed by atoms with Crippen LogP contribution in [0.5, 0.6) is 0 Å². The summed E-state index contributed by atoms with van der Waals surface area (Å²) >= 11 is 0. The molecule has 0 radical (unpaired) electrons. The molecule has 1 aromatic carbocycles. The third-order valence-corrected chi connectivity index (χ3v) is 8.09. The Kier molecular flexibility index (Phi) is 7.56. The second-order valence-corrected chi connectivity index (χ2v) is 10.8. The standard InChI is InChI=1S/C30H40N4O2/c1-5-6-26(28-15-34-29(31-19-32-34)14-24(28)16-35)30(20(2)3)27-13-23(8-7-21(27)4)22-9-11-33(12-10-22)25-17-36-18-25/h7-8,13-15,19-20,22,25,35H,5-6,9-12,16-18H2,1-4H3/b30-26+. The molecule has 192 valence electrons. The maximum absolute atomic E-state index is 10.3. The minimum Gasteiger partial charge on any atom is -0.392 e. The molecule has 0 atom stereocenters. The highest BCUT2D eigenvalue weighted by atomic mass is 16.5. The zero-order valence-corrected chi connectivity index (χ0v) is 22.2. The summed E-state index contributed by atoms with van der Waals surface area (Å²) in [7, 11) is 0. The Hall–Kier alpha value is -2.54. The van der Waals surface area contributed by atoms with Gasteiger partial charge >= 0.3 is 0 Å². The topological polar surface area (TPSA) is 62.9 Å². The molecule has 2 aliphatic heterocycles. The highest BCUT2D eigenvalue weighted by Crippen LogP contribution is 2.40. The lowest BCUT2D eigenvalue weighted by atomic mass is 9.80. The molecule has 3 aromatic rings. The van der Waals surface area contributed by atoms with Crippen LogP contribution in [0.15, 0.2) is 36.8 Å². The Bertz CT molecular complexity index is 1230. The molecular formula is C30H40N4O2. The molecule has 1 N–H and O–H groups in total. The number of aryl methyl sites for hydroxylation is 1. The van der Waals surface area contributed by atoms with Crippen LogP contribution in [0.4, 0.5) is 0 Å². The zero-order valence-electron chi connectivity index (χ0n) is 22.2. The molecule has 0 unspecified atom stereocenters. The Labute approximate surface area is 215 Å². The predicted molar refractivity (Wildman–Crippen MR) is 145 cm³/mol. The van der Waals surface area contributed by atoms with Gasteiger partial charge in [0.2, 0.25) is 0 Å². The van der Waals surface area contributed by atoms with Crippen LogP contribution in [-0.2, 0) is 11.3 Å². The van der Waals surface area contributed by atoms with Crippen molar-refractivity contribution in [2.45, 2.75) is 71.9 Å². The summed E-state index contributed by atoms with van der Waals surface area (Å²) in [5, 5.41) is 14.7. The Balaban J connectivity index is 1.56. The average Bonchev–Trinajstić information content (AvgIpc) is 3.31.